The van der Waals surface area contributed by atoms with Crippen LogP contribution in [0.3, 0.4) is 0 Å². The summed E-state index contributed by atoms with van der Waals surface area (Å²) >= 11 is 7.03. The first kappa shape index (κ1) is 24.0. The second kappa shape index (κ2) is 10.8. The SMILES string of the molecule is CCOC(=O)c1sc(-c2ccccc2)cc1NC(=O)CCCS(=O)(=O)c1ccc(Cl)cc1. The van der Waals surface area contributed by atoms with Gasteiger partial charge in [0.25, 0.3) is 0 Å². The zero-order valence-corrected chi connectivity index (χ0v) is 19.7. The second-order valence-electron chi connectivity index (χ2n) is 6.86. The summed E-state index contributed by atoms with van der Waals surface area (Å²) in [6, 6.07) is 17.1. The molecule has 1 amide bonds. The van der Waals surface area contributed by atoms with Gasteiger partial charge in [-0.15, -0.1) is 11.3 Å². The molecule has 0 atom stereocenters. The van der Waals surface area contributed by atoms with Gasteiger partial charge in [0.05, 0.1) is 22.9 Å². The number of nitrogens with one attached hydrogen (secondary N) is 1. The van der Waals surface area contributed by atoms with Gasteiger partial charge in [0.2, 0.25) is 5.91 Å². The molecule has 168 valence electrons. The normalized spacial score (nSPS) is 11.2. The van der Waals surface area contributed by atoms with Gasteiger partial charge in [0.1, 0.15) is 4.88 Å². The number of hydrogen-bond acceptors (Lipinski definition) is 6. The summed E-state index contributed by atoms with van der Waals surface area (Å²) in [4.78, 5) is 26.1. The van der Waals surface area contributed by atoms with Crippen molar-refractivity contribution in [2.24, 2.45) is 0 Å². The van der Waals surface area contributed by atoms with Crippen LogP contribution in [0.4, 0.5) is 5.69 Å². The summed E-state index contributed by atoms with van der Waals surface area (Å²) in [7, 11) is -3.52. The van der Waals surface area contributed by atoms with Crippen LogP contribution in [0.5, 0.6) is 0 Å². The van der Waals surface area contributed by atoms with E-state index in [4.69, 9.17) is 16.3 Å². The molecule has 0 bridgehead atoms. The molecule has 0 radical (unpaired) electrons. The monoisotopic (exact) mass is 491 g/mol. The van der Waals surface area contributed by atoms with E-state index in [1.807, 2.05) is 30.3 Å². The molecule has 0 saturated carbocycles. The van der Waals surface area contributed by atoms with Crippen molar-refractivity contribution in [2.75, 3.05) is 17.7 Å². The van der Waals surface area contributed by atoms with E-state index < -0.39 is 15.8 Å². The number of ether oxygens (including phenoxy) is 1. The van der Waals surface area contributed by atoms with Crippen molar-refractivity contribution in [3.05, 3.63) is 70.6 Å². The molecule has 9 heteroatoms. The fraction of sp³-hybridized carbons (Fsp3) is 0.217. The fourth-order valence-electron chi connectivity index (χ4n) is 2.97. The third-order valence-electron chi connectivity index (χ3n) is 4.51. The van der Waals surface area contributed by atoms with Crippen LogP contribution in [0.25, 0.3) is 10.4 Å². The van der Waals surface area contributed by atoms with Gasteiger partial charge in [0.15, 0.2) is 9.84 Å². The topological polar surface area (TPSA) is 89.5 Å². The van der Waals surface area contributed by atoms with Gasteiger partial charge < -0.3 is 10.1 Å². The number of amides is 1. The molecule has 0 aliphatic heterocycles. The van der Waals surface area contributed by atoms with Crippen LogP contribution >= 0.6 is 22.9 Å². The number of rotatable bonds is 9. The van der Waals surface area contributed by atoms with Gasteiger partial charge in [-0.25, -0.2) is 13.2 Å². The third kappa shape index (κ3) is 6.18. The minimum Gasteiger partial charge on any atom is -0.462 e. The number of benzene rings is 2. The van der Waals surface area contributed by atoms with Crippen molar-refractivity contribution in [3.8, 4) is 10.4 Å². The lowest BCUT2D eigenvalue weighted by atomic mass is 10.2. The number of sulfone groups is 1. The van der Waals surface area contributed by atoms with Gasteiger partial charge >= 0.3 is 5.97 Å². The lowest BCUT2D eigenvalue weighted by Crippen LogP contribution is -2.16. The van der Waals surface area contributed by atoms with E-state index in [0.717, 1.165) is 10.4 Å². The van der Waals surface area contributed by atoms with Crippen LogP contribution in [-0.4, -0.2) is 32.7 Å². The number of anilines is 1. The average Bonchev–Trinajstić information content (AvgIpc) is 3.18. The number of halogens is 1. The molecular formula is C23H22ClNO5S2. The van der Waals surface area contributed by atoms with Crippen molar-refractivity contribution < 1.29 is 22.7 Å². The molecule has 32 heavy (non-hydrogen) atoms. The van der Waals surface area contributed by atoms with Crippen LogP contribution in [0, 0.1) is 0 Å². The molecule has 6 nitrogen and oxygen atoms in total. The maximum Gasteiger partial charge on any atom is 0.350 e. The van der Waals surface area contributed by atoms with E-state index in [0.29, 0.717) is 15.6 Å². The van der Waals surface area contributed by atoms with Crippen LogP contribution in [0.2, 0.25) is 5.02 Å². The zero-order chi connectivity index (χ0) is 23.1. The molecule has 3 aromatic rings. The first-order valence-corrected chi connectivity index (χ1v) is 12.8. The lowest BCUT2D eigenvalue weighted by Gasteiger charge is -2.07. The molecule has 0 saturated heterocycles. The molecule has 0 unspecified atom stereocenters. The van der Waals surface area contributed by atoms with Gasteiger partial charge in [-0.2, -0.15) is 0 Å². The first-order valence-electron chi connectivity index (χ1n) is 9.94. The Morgan fingerprint density at radius 2 is 1.75 bits per heavy atom. The van der Waals surface area contributed by atoms with E-state index in [2.05, 4.69) is 5.32 Å². The molecule has 1 heterocycles. The Kier molecular flexibility index (Phi) is 8.06. The van der Waals surface area contributed by atoms with Crippen LogP contribution in [-0.2, 0) is 19.4 Å². The highest BCUT2D eigenvalue weighted by molar-refractivity contribution is 7.91. The molecule has 2 aromatic carbocycles. The van der Waals surface area contributed by atoms with Crippen molar-refractivity contribution >= 4 is 50.3 Å². The van der Waals surface area contributed by atoms with E-state index in [1.54, 1.807) is 13.0 Å². The molecule has 0 fully saturated rings. The number of hydrogen-bond donors (Lipinski definition) is 1. The third-order valence-corrected chi connectivity index (χ3v) is 7.75. The molecular weight excluding hydrogens is 470 g/mol. The Hall–Kier alpha value is -2.68. The summed E-state index contributed by atoms with van der Waals surface area (Å²) in [6.07, 6.45) is 0.132. The van der Waals surface area contributed by atoms with Crippen LogP contribution < -0.4 is 5.32 Å². The van der Waals surface area contributed by atoms with Gasteiger partial charge in [-0.05, 0) is 49.2 Å². The Morgan fingerprint density at radius 1 is 1.06 bits per heavy atom. The second-order valence-corrected chi connectivity index (χ2v) is 10.5. The lowest BCUT2D eigenvalue weighted by molar-refractivity contribution is -0.116. The molecule has 1 aromatic heterocycles. The van der Waals surface area contributed by atoms with E-state index in [-0.39, 0.29) is 36.0 Å². The maximum absolute atomic E-state index is 12.5. The zero-order valence-electron chi connectivity index (χ0n) is 17.3. The van der Waals surface area contributed by atoms with Gasteiger partial charge in [0, 0.05) is 16.3 Å². The number of esters is 1. The highest BCUT2D eigenvalue weighted by atomic mass is 35.5. The Morgan fingerprint density at radius 3 is 2.41 bits per heavy atom. The molecule has 3 rings (SSSR count). The van der Waals surface area contributed by atoms with Crippen molar-refractivity contribution in [1.82, 2.24) is 0 Å². The molecule has 1 N–H and O–H groups in total. The molecule has 0 aliphatic rings. The number of thiophene rings is 1. The minimum atomic E-state index is -3.52. The largest absolute Gasteiger partial charge is 0.462 e. The van der Waals surface area contributed by atoms with Gasteiger partial charge in [-0.3, -0.25) is 4.79 Å². The summed E-state index contributed by atoms with van der Waals surface area (Å²) < 4.78 is 30.0. The van der Waals surface area contributed by atoms with Crippen molar-refractivity contribution in [3.63, 3.8) is 0 Å². The Labute approximate surface area is 196 Å². The summed E-state index contributed by atoms with van der Waals surface area (Å²) in [5, 5.41) is 3.18. The highest BCUT2D eigenvalue weighted by Crippen LogP contribution is 2.35. The smallest absolute Gasteiger partial charge is 0.350 e. The van der Waals surface area contributed by atoms with E-state index >= 15 is 0 Å². The van der Waals surface area contributed by atoms with Crippen LogP contribution in [0.15, 0.2) is 65.6 Å². The van der Waals surface area contributed by atoms with Crippen molar-refractivity contribution in [2.45, 2.75) is 24.7 Å². The molecule has 0 aliphatic carbocycles. The average molecular weight is 492 g/mol. The number of carbonyl (C=O) groups excluding carboxylic acids is 2. The Balaban J connectivity index is 1.67. The van der Waals surface area contributed by atoms with Crippen LogP contribution in [0.1, 0.15) is 29.4 Å². The first-order chi connectivity index (χ1) is 15.3. The summed E-state index contributed by atoms with van der Waals surface area (Å²) in [5.74, 6) is -1.06. The summed E-state index contributed by atoms with van der Waals surface area (Å²) in [5.41, 5.74) is 1.27. The van der Waals surface area contributed by atoms with Gasteiger partial charge in [-0.1, -0.05) is 41.9 Å². The van der Waals surface area contributed by atoms with Crippen molar-refractivity contribution in [1.29, 1.82) is 0 Å². The Bertz CT molecular complexity index is 1190. The predicted molar refractivity (Wildman–Crippen MR) is 127 cm³/mol. The fourth-order valence-corrected chi connectivity index (χ4v) is 5.42. The summed E-state index contributed by atoms with van der Waals surface area (Å²) in [6.45, 7) is 1.93. The van der Waals surface area contributed by atoms with E-state index in [1.165, 1.54) is 35.6 Å². The minimum absolute atomic E-state index is 0.00833. The molecule has 0 spiro atoms. The quantitative estimate of drug-likeness (QED) is 0.402. The number of carbonyl (C=O) groups is 2. The maximum atomic E-state index is 12.5. The predicted octanol–water partition coefficient (Wildman–Crippen LogP) is 5.44. The highest BCUT2D eigenvalue weighted by Gasteiger charge is 2.21. The van der Waals surface area contributed by atoms with E-state index in [9.17, 15) is 18.0 Å². The standard InChI is InChI=1S/C23H22ClNO5S2/c1-2-30-23(27)22-19(15-20(31-22)16-7-4-3-5-8-16)25-21(26)9-6-14-32(28,29)18-12-10-17(24)11-13-18/h3-5,7-8,10-13,15H,2,6,9,14H2,1H3,(H,25,26).